The lowest BCUT2D eigenvalue weighted by Crippen LogP contribution is -2.03. The Hall–Kier alpha value is -3.50. The van der Waals surface area contributed by atoms with Gasteiger partial charge in [0, 0.05) is 29.2 Å². The Balaban J connectivity index is 1.55. The van der Waals surface area contributed by atoms with Crippen molar-refractivity contribution in [3.05, 3.63) is 88.5 Å². The fourth-order valence-corrected chi connectivity index (χ4v) is 4.98. The molecule has 0 aliphatic heterocycles. The number of aromatic nitrogens is 5. The lowest BCUT2D eigenvalue weighted by Gasteiger charge is -2.09. The summed E-state index contributed by atoms with van der Waals surface area (Å²) in [5.41, 5.74) is 3.12. The zero-order valence-corrected chi connectivity index (χ0v) is 17.1. The number of aromatic amines is 1. The number of benzene rings is 2. The normalized spacial score (nSPS) is 11.2. The molecule has 0 spiro atoms. The highest BCUT2D eigenvalue weighted by Crippen LogP contribution is 2.35. The first-order valence-electron chi connectivity index (χ1n) is 9.02. The van der Waals surface area contributed by atoms with Gasteiger partial charge in [-0.25, -0.2) is 4.98 Å². The molecule has 0 amide bonds. The third kappa shape index (κ3) is 3.46. The second kappa shape index (κ2) is 7.73. The lowest BCUT2D eigenvalue weighted by molar-refractivity contribution is -0.380. The van der Waals surface area contributed by atoms with Crippen LogP contribution in [0.4, 0.5) is 5.00 Å². The van der Waals surface area contributed by atoms with E-state index in [1.807, 2.05) is 59.3 Å². The van der Waals surface area contributed by atoms with E-state index < -0.39 is 4.92 Å². The number of fused-ring (bicyclic) bond motifs is 1. The zero-order valence-electron chi connectivity index (χ0n) is 15.4. The quantitative estimate of drug-likeness (QED) is 0.303. The van der Waals surface area contributed by atoms with Crippen molar-refractivity contribution in [2.24, 2.45) is 0 Å². The van der Waals surface area contributed by atoms with Crippen molar-refractivity contribution in [2.45, 2.75) is 15.9 Å². The summed E-state index contributed by atoms with van der Waals surface area (Å²) in [6.07, 6.45) is 3.85. The van der Waals surface area contributed by atoms with Gasteiger partial charge < -0.3 is 4.98 Å². The van der Waals surface area contributed by atoms with Crippen LogP contribution in [0.3, 0.4) is 0 Å². The topological polar surface area (TPSA) is 103 Å². The average Bonchev–Trinajstić information content (AvgIpc) is 3.49. The zero-order chi connectivity index (χ0) is 20.5. The van der Waals surface area contributed by atoms with Gasteiger partial charge in [0.15, 0.2) is 4.34 Å². The van der Waals surface area contributed by atoms with Crippen molar-refractivity contribution in [1.29, 1.82) is 0 Å². The Morgan fingerprint density at radius 1 is 1.10 bits per heavy atom. The molecule has 148 valence electrons. The molecule has 2 aromatic carbocycles. The minimum absolute atomic E-state index is 0.00212. The highest BCUT2D eigenvalue weighted by atomic mass is 32.2. The van der Waals surface area contributed by atoms with Crippen molar-refractivity contribution >= 4 is 39.0 Å². The fraction of sp³-hybridized carbons (Fsp3) is 0.0500. The molecule has 1 N–H and O–H groups in total. The second-order valence-corrected chi connectivity index (χ2v) is 8.65. The van der Waals surface area contributed by atoms with Crippen LogP contribution >= 0.6 is 23.1 Å². The summed E-state index contributed by atoms with van der Waals surface area (Å²) in [6.45, 7) is 0. The molecule has 5 aromatic rings. The molecule has 0 aliphatic rings. The first kappa shape index (κ1) is 18.5. The van der Waals surface area contributed by atoms with E-state index in [-0.39, 0.29) is 5.00 Å². The van der Waals surface area contributed by atoms with Gasteiger partial charge in [-0.1, -0.05) is 36.4 Å². The first-order chi connectivity index (χ1) is 14.7. The van der Waals surface area contributed by atoms with Gasteiger partial charge in [-0.3, -0.25) is 14.7 Å². The number of hydrogen-bond donors (Lipinski definition) is 1. The molecule has 5 rings (SSSR count). The van der Waals surface area contributed by atoms with E-state index >= 15 is 0 Å². The van der Waals surface area contributed by atoms with Crippen LogP contribution in [0, 0.1) is 10.1 Å². The van der Waals surface area contributed by atoms with Crippen LogP contribution in [0.2, 0.25) is 0 Å². The third-order valence-corrected chi connectivity index (χ3v) is 6.54. The summed E-state index contributed by atoms with van der Waals surface area (Å²) in [5.74, 6) is 0.777. The summed E-state index contributed by atoms with van der Waals surface area (Å²) in [4.78, 5) is 18.0. The molecule has 3 heterocycles. The van der Waals surface area contributed by atoms with E-state index in [2.05, 4.69) is 26.2 Å². The van der Waals surface area contributed by atoms with E-state index in [4.69, 9.17) is 0 Å². The minimum Gasteiger partial charge on any atom is -0.361 e. The van der Waals surface area contributed by atoms with Gasteiger partial charge in [-0.2, -0.15) is 0 Å². The fourth-order valence-electron chi connectivity index (χ4n) is 3.23. The molecule has 0 fully saturated rings. The highest BCUT2D eigenvalue weighted by Gasteiger charge is 2.20. The lowest BCUT2D eigenvalue weighted by atomic mass is 10.1. The molecule has 10 heteroatoms. The maximum atomic E-state index is 11.0. The van der Waals surface area contributed by atoms with Crippen LogP contribution in [0.15, 0.2) is 76.5 Å². The van der Waals surface area contributed by atoms with Crippen LogP contribution in [0.1, 0.15) is 11.4 Å². The largest absolute Gasteiger partial charge is 0.361 e. The van der Waals surface area contributed by atoms with Crippen LogP contribution in [0.5, 0.6) is 0 Å². The van der Waals surface area contributed by atoms with E-state index in [0.717, 1.165) is 39.3 Å². The number of para-hydroxylation sites is 2. The number of nitrogens with zero attached hydrogens (tertiary/aromatic N) is 5. The van der Waals surface area contributed by atoms with Gasteiger partial charge in [0.25, 0.3) is 0 Å². The highest BCUT2D eigenvalue weighted by molar-refractivity contribution is 8.00. The standard InChI is InChI=1S/C20H14N6O2S2/c27-26(28)18-12-22-20(29-18)30-19-24-23-17(25(19)14-6-2-1-3-7-14)10-13-11-21-16-9-5-4-8-15(13)16/h1-9,11-12,21H,10H2. The van der Waals surface area contributed by atoms with Crippen molar-refractivity contribution in [1.82, 2.24) is 24.7 Å². The van der Waals surface area contributed by atoms with Gasteiger partial charge in [-0.15, -0.1) is 10.2 Å². The number of rotatable bonds is 6. The van der Waals surface area contributed by atoms with Crippen molar-refractivity contribution in [3.8, 4) is 5.69 Å². The predicted octanol–water partition coefficient (Wildman–Crippen LogP) is 4.86. The van der Waals surface area contributed by atoms with Gasteiger partial charge in [-0.05, 0) is 46.9 Å². The molecule has 0 radical (unpaired) electrons. The third-order valence-electron chi connectivity index (χ3n) is 4.57. The average molecular weight is 435 g/mol. The van der Waals surface area contributed by atoms with E-state index in [1.165, 1.54) is 18.0 Å². The number of nitrogens with one attached hydrogen (secondary N) is 1. The van der Waals surface area contributed by atoms with Gasteiger partial charge in [0.2, 0.25) is 5.16 Å². The Morgan fingerprint density at radius 3 is 2.70 bits per heavy atom. The van der Waals surface area contributed by atoms with Crippen molar-refractivity contribution < 1.29 is 4.92 Å². The Morgan fingerprint density at radius 2 is 1.90 bits per heavy atom. The Kier molecular flexibility index (Phi) is 4.77. The number of hydrogen-bond acceptors (Lipinski definition) is 7. The van der Waals surface area contributed by atoms with Gasteiger partial charge >= 0.3 is 5.00 Å². The smallest absolute Gasteiger partial charge is 0.344 e. The molecule has 3 aromatic heterocycles. The number of nitro groups is 1. The van der Waals surface area contributed by atoms with Crippen molar-refractivity contribution in [2.75, 3.05) is 0 Å². The molecule has 0 saturated heterocycles. The van der Waals surface area contributed by atoms with Gasteiger partial charge in [0.05, 0.1) is 4.92 Å². The van der Waals surface area contributed by atoms with E-state index in [0.29, 0.717) is 15.9 Å². The SMILES string of the molecule is O=[N+]([O-])c1cnc(Sc2nnc(Cc3c[nH]c4ccccc34)n2-c2ccccc2)s1. The summed E-state index contributed by atoms with van der Waals surface area (Å²) in [7, 11) is 0. The molecular weight excluding hydrogens is 420 g/mol. The predicted molar refractivity (Wildman–Crippen MR) is 115 cm³/mol. The molecule has 0 saturated carbocycles. The maximum absolute atomic E-state index is 11.0. The molecule has 0 atom stereocenters. The van der Waals surface area contributed by atoms with E-state index in [9.17, 15) is 10.1 Å². The molecule has 8 nitrogen and oxygen atoms in total. The summed E-state index contributed by atoms with van der Waals surface area (Å²) in [6, 6.07) is 17.9. The molecule has 30 heavy (non-hydrogen) atoms. The van der Waals surface area contributed by atoms with Crippen LogP contribution < -0.4 is 0 Å². The Bertz CT molecular complexity index is 1340. The number of thiazole rings is 1. The van der Waals surface area contributed by atoms with Crippen molar-refractivity contribution in [3.63, 3.8) is 0 Å². The van der Waals surface area contributed by atoms with Gasteiger partial charge in [0.1, 0.15) is 12.0 Å². The summed E-state index contributed by atoms with van der Waals surface area (Å²) >= 11 is 2.29. The Labute approximate surface area is 178 Å². The molecule has 0 aliphatic carbocycles. The first-order valence-corrected chi connectivity index (χ1v) is 10.6. The summed E-state index contributed by atoms with van der Waals surface area (Å²) < 4.78 is 2.52. The minimum atomic E-state index is -0.438. The van der Waals surface area contributed by atoms with E-state index in [1.54, 1.807) is 0 Å². The number of H-pyrrole nitrogens is 1. The maximum Gasteiger partial charge on any atom is 0.344 e. The molecular formula is C20H14N6O2S2. The molecule has 0 bridgehead atoms. The van der Waals surface area contributed by atoms with Crippen LogP contribution in [-0.4, -0.2) is 29.7 Å². The molecule has 0 unspecified atom stereocenters. The second-order valence-electron chi connectivity index (χ2n) is 6.43. The summed E-state index contributed by atoms with van der Waals surface area (Å²) in [5, 5.41) is 21.5. The van der Waals surface area contributed by atoms with Crippen LogP contribution in [-0.2, 0) is 6.42 Å². The van der Waals surface area contributed by atoms with Crippen LogP contribution in [0.25, 0.3) is 16.6 Å². The monoisotopic (exact) mass is 434 g/mol.